The largest absolute Gasteiger partial charge is 0.475 e. The highest BCUT2D eigenvalue weighted by Gasteiger charge is 2.34. The summed E-state index contributed by atoms with van der Waals surface area (Å²) in [5, 5.41) is 25.6. The zero-order chi connectivity index (χ0) is 28.3. The molecule has 8 heteroatoms. The smallest absolute Gasteiger partial charge is 0.217 e. The molecule has 4 rings (SSSR count). The average molecular weight is 534 g/mol. The summed E-state index contributed by atoms with van der Waals surface area (Å²) in [7, 11) is 1.68. The topological polar surface area (TPSA) is 120 Å². The van der Waals surface area contributed by atoms with Crippen molar-refractivity contribution in [1.29, 1.82) is 10.7 Å². The fourth-order valence-electron chi connectivity index (χ4n) is 5.21. The molecule has 2 heterocycles. The molecule has 1 saturated heterocycles. The van der Waals surface area contributed by atoms with Crippen LogP contribution < -0.4 is 10.6 Å². The number of nitrogens with zero attached hydrogens (tertiary/aromatic N) is 2. The number of benzene rings is 1. The van der Waals surface area contributed by atoms with Crippen LogP contribution >= 0.6 is 0 Å². The van der Waals surface area contributed by atoms with E-state index in [1.165, 1.54) is 6.42 Å². The first kappa shape index (κ1) is 30.3. The van der Waals surface area contributed by atoms with Crippen molar-refractivity contribution in [2.75, 3.05) is 32.1 Å². The summed E-state index contributed by atoms with van der Waals surface area (Å²) < 4.78 is 10.4. The fourth-order valence-corrected chi connectivity index (χ4v) is 5.21. The van der Waals surface area contributed by atoms with Crippen LogP contribution in [0.4, 0.5) is 5.82 Å². The molecule has 0 amide bonds. The summed E-state index contributed by atoms with van der Waals surface area (Å²) in [6.45, 7) is 8.22. The summed E-state index contributed by atoms with van der Waals surface area (Å²) in [4.78, 5) is 16.4. The number of carbonyl (C=O) groups excluding carboxylic acids is 1. The van der Waals surface area contributed by atoms with Gasteiger partial charge in [0.05, 0.1) is 23.2 Å². The molecule has 0 unspecified atom stereocenters. The molecule has 0 radical (unpaired) electrons. The van der Waals surface area contributed by atoms with Crippen molar-refractivity contribution in [1.82, 2.24) is 10.3 Å². The minimum atomic E-state index is -0.486. The predicted molar refractivity (Wildman–Crippen MR) is 156 cm³/mol. The number of pyridine rings is 1. The lowest BCUT2D eigenvalue weighted by Crippen LogP contribution is -2.38. The Kier molecular flexibility index (Phi) is 11.5. The van der Waals surface area contributed by atoms with Crippen LogP contribution in [0, 0.1) is 16.7 Å². The van der Waals surface area contributed by atoms with Crippen molar-refractivity contribution in [3.8, 4) is 17.2 Å². The Bertz CT molecular complexity index is 1130. The SMILES string of the molecule is CC(C)OC(=N)c1c(-c2ccc(C3(C#N)CCNCC3)cc2)cc(C=O)nc1NC1CCCCC1.CCOC. The second-order valence-corrected chi connectivity index (χ2v) is 10.5. The van der Waals surface area contributed by atoms with Gasteiger partial charge in [-0.1, -0.05) is 43.5 Å². The van der Waals surface area contributed by atoms with Crippen molar-refractivity contribution >= 4 is 18.0 Å². The first-order chi connectivity index (χ1) is 18.9. The molecule has 0 spiro atoms. The van der Waals surface area contributed by atoms with Gasteiger partial charge in [0.15, 0.2) is 6.29 Å². The first-order valence-corrected chi connectivity index (χ1v) is 14.1. The summed E-state index contributed by atoms with van der Waals surface area (Å²) in [6.07, 6.45) is 7.77. The lowest BCUT2D eigenvalue weighted by molar-refractivity contribution is 0.111. The van der Waals surface area contributed by atoms with Gasteiger partial charge in [-0.2, -0.15) is 5.26 Å². The van der Waals surface area contributed by atoms with E-state index in [2.05, 4.69) is 26.4 Å². The normalized spacial score (nSPS) is 16.9. The predicted octanol–water partition coefficient (Wildman–Crippen LogP) is 5.85. The second kappa shape index (κ2) is 14.8. The Labute approximate surface area is 233 Å². The Morgan fingerprint density at radius 3 is 2.41 bits per heavy atom. The Morgan fingerprint density at radius 2 is 1.87 bits per heavy atom. The maximum absolute atomic E-state index is 11.8. The number of ether oxygens (including phenoxy) is 2. The van der Waals surface area contributed by atoms with Crippen LogP contribution in [-0.4, -0.2) is 56.1 Å². The second-order valence-electron chi connectivity index (χ2n) is 10.5. The van der Waals surface area contributed by atoms with E-state index < -0.39 is 5.41 Å². The van der Waals surface area contributed by atoms with E-state index in [-0.39, 0.29) is 18.0 Å². The Hall–Kier alpha value is -3.28. The molecule has 2 aliphatic rings. The molecule has 1 aliphatic carbocycles. The van der Waals surface area contributed by atoms with Gasteiger partial charge in [-0.15, -0.1) is 0 Å². The molecule has 1 aromatic carbocycles. The monoisotopic (exact) mass is 533 g/mol. The van der Waals surface area contributed by atoms with Crippen LogP contribution in [0.2, 0.25) is 0 Å². The Balaban J connectivity index is 0.000000983. The van der Waals surface area contributed by atoms with Crippen molar-refractivity contribution in [3.05, 3.63) is 47.2 Å². The number of methoxy groups -OCH3 is 1. The van der Waals surface area contributed by atoms with Crippen LogP contribution in [-0.2, 0) is 14.9 Å². The molecule has 2 aromatic rings. The van der Waals surface area contributed by atoms with Gasteiger partial charge >= 0.3 is 0 Å². The maximum atomic E-state index is 11.8. The molecule has 1 aliphatic heterocycles. The number of aldehydes is 1. The number of hydrogen-bond acceptors (Lipinski definition) is 8. The summed E-state index contributed by atoms with van der Waals surface area (Å²) >= 11 is 0. The van der Waals surface area contributed by atoms with E-state index in [0.29, 0.717) is 17.1 Å². The highest BCUT2D eigenvalue weighted by Crippen LogP contribution is 2.36. The van der Waals surface area contributed by atoms with Gasteiger partial charge in [-0.3, -0.25) is 10.2 Å². The third kappa shape index (κ3) is 7.87. The number of anilines is 1. The van der Waals surface area contributed by atoms with Gasteiger partial charge in [0, 0.05) is 25.3 Å². The number of rotatable bonds is 8. The lowest BCUT2D eigenvalue weighted by Gasteiger charge is -2.31. The minimum absolute atomic E-state index is 0.0363. The van der Waals surface area contributed by atoms with Gasteiger partial charge in [0.2, 0.25) is 5.90 Å². The van der Waals surface area contributed by atoms with E-state index in [0.717, 1.165) is 81.2 Å². The number of piperidine rings is 1. The molecule has 210 valence electrons. The molecule has 3 N–H and O–H groups in total. The van der Waals surface area contributed by atoms with E-state index in [1.54, 1.807) is 13.2 Å². The summed E-state index contributed by atoms with van der Waals surface area (Å²) in [6, 6.07) is 12.5. The number of hydrogen-bond donors (Lipinski definition) is 3. The van der Waals surface area contributed by atoms with E-state index in [4.69, 9.17) is 10.1 Å². The first-order valence-electron chi connectivity index (χ1n) is 14.1. The van der Waals surface area contributed by atoms with Crippen molar-refractivity contribution in [2.45, 2.75) is 83.3 Å². The van der Waals surface area contributed by atoms with Gasteiger partial charge in [-0.25, -0.2) is 4.98 Å². The van der Waals surface area contributed by atoms with Crippen molar-refractivity contribution < 1.29 is 14.3 Å². The van der Waals surface area contributed by atoms with Crippen LogP contribution in [0.5, 0.6) is 0 Å². The van der Waals surface area contributed by atoms with Crippen LogP contribution in [0.15, 0.2) is 30.3 Å². The number of aromatic nitrogens is 1. The van der Waals surface area contributed by atoms with Crippen molar-refractivity contribution in [2.24, 2.45) is 0 Å². The van der Waals surface area contributed by atoms with Crippen LogP contribution in [0.25, 0.3) is 11.1 Å². The molecular weight excluding hydrogens is 490 g/mol. The highest BCUT2D eigenvalue weighted by molar-refractivity contribution is 6.04. The summed E-state index contributed by atoms with van der Waals surface area (Å²) in [5.41, 5.74) is 2.99. The van der Waals surface area contributed by atoms with E-state index in [9.17, 15) is 10.1 Å². The van der Waals surface area contributed by atoms with Crippen molar-refractivity contribution in [3.63, 3.8) is 0 Å². The van der Waals surface area contributed by atoms with Crippen LogP contribution in [0.1, 0.15) is 87.3 Å². The number of carbonyl (C=O) groups is 1. The molecule has 1 saturated carbocycles. The lowest BCUT2D eigenvalue weighted by atomic mass is 9.74. The van der Waals surface area contributed by atoms with Gasteiger partial charge < -0.3 is 20.1 Å². The van der Waals surface area contributed by atoms with Gasteiger partial charge in [-0.05, 0) is 76.7 Å². The highest BCUT2D eigenvalue weighted by atomic mass is 16.5. The molecule has 1 aromatic heterocycles. The molecule has 8 nitrogen and oxygen atoms in total. The minimum Gasteiger partial charge on any atom is -0.475 e. The van der Waals surface area contributed by atoms with Gasteiger partial charge in [0.1, 0.15) is 11.5 Å². The van der Waals surface area contributed by atoms with Gasteiger partial charge in [0.25, 0.3) is 0 Å². The maximum Gasteiger partial charge on any atom is 0.217 e. The molecular formula is C31H43N5O3. The third-order valence-electron chi connectivity index (χ3n) is 7.39. The summed E-state index contributed by atoms with van der Waals surface area (Å²) in [5.74, 6) is 0.562. The third-order valence-corrected chi connectivity index (χ3v) is 7.39. The molecule has 0 atom stereocenters. The Morgan fingerprint density at radius 1 is 1.23 bits per heavy atom. The molecule has 0 bridgehead atoms. The van der Waals surface area contributed by atoms with E-state index in [1.807, 2.05) is 45.0 Å². The zero-order valence-corrected chi connectivity index (χ0v) is 23.8. The van der Waals surface area contributed by atoms with E-state index >= 15 is 0 Å². The quantitative estimate of drug-likeness (QED) is 0.221. The molecule has 2 fully saturated rings. The average Bonchev–Trinajstić information content (AvgIpc) is 2.97. The van der Waals surface area contributed by atoms with Crippen LogP contribution in [0.3, 0.4) is 0 Å². The zero-order valence-electron chi connectivity index (χ0n) is 23.8. The number of nitrogens with one attached hydrogen (secondary N) is 3. The standard InChI is InChI=1S/C28H35N5O2.C3H8O/c1-19(2)35-26(30)25-24(16-23(17-34)33-27(25)32-22-6-4-3-5-7-22)20-8-10-21(11-9-20)28(18-29)12-14-31-15-13-28;1-3-4-2/h8-11,16-17,19,22,30-31H,3-7,12-15H2,1-2H3,(H,32,33);3H2,1-2H3. The molecule has 39 heavy (non-hydrogen) atoms. The number of nitriles is 1. The fraction of sp³-hybridized carbons (Fsp3) is 0.548.